The fourth-order valence-corrected chi connectivity index (χ4v) is 3.36. The van der Waals surface area contributed by atoms with E-state index in [0.717, 1.165) is 36.3 Å². The van der Waals surface area contributed by atoms with Crippen LogP contribution in [0.2, 0.25) is 0 Å². The van der Waals surface area contributed by atoms with Crippen LogP contribution in [0, 0.1) is 6.92 Å². The van der Waals surface area contributed by atoms with E-state index in [0.29, 0.717) is 18.5 Å². The monoisotopic (exact) mass is 352 g/mol. The van der Waals surface area contributed by atoms with Crippen LogP contribution in [-0.2, 0) is 6.42 Å². The summed E-state index contributed by atoms with van der Waals surface area (Å²) in [4.78, 5) is 30.3. The van der Waals surface area contributed by atoms with Crippen LogP contribution < -0.4 is 11.1 Å². The number of benzene rings is 1. The van der Waals surface area contributed by atoms with Crippen LogP contribution in [0.4, 0.5) is 4.79 Å². The summed E-state index contributed by atoms with van der Waals surface area (Å²) in [5.74, 6) is -0.443. The van der Waals surface area contributed by atoms with Crippen molar-refractivity contribution in [1.29, 1.82) is 0 Å². The van der Waals surface area contributed by atoms with Crippen molar-refractivity contribution in [3.8, 4) is 0 Å². The number of nitrogens with zero attached hydrogens (tertiary/aromatic N) is 2. The SMILES string of the molecule is Cc1cccc(C2CCCN2C(=O)NCCc2cccc(C(N)=O)c2)n1. The molecule has 6 heteroatoms. The first kappa shape index (κ1) is 17.9. The Bertz CT molecular complexity index is 806. The highest BCUT2D eigenvalue weighted by molar-refractivity contribution is 5.92. The molecule has 2 aromatic rings. The van der Waals surface area contributed by atoms with E-state index in [1.807, 2.05) is 36.1 Å². The van der Waals surface area contributed by atoms with Crippen LogP contribution >= 0.6 is 0 Å². The molecule has 1 unspecified atom stereocenters. The molecule has 0 bridgehead atoms. The summed E-state index contributed by atoms with van der Waals surface area (Å²) < 4.78 is 0. The van der Waals surface area contributed by atoms with Gasteiger partial charge in [0.15, 0.2) is 0 Å². The molecule has 0 saturated carbocycles. The number of aromatic nitrogens is 1. The van der Waals surface area contributed by atoms with Gasteiger partial charge in [-0.15, -0.1) is 0 Å². The summed E-state index contributed by atoms with van der Waals surface area (Å²) in [6.45, 7) is 3.21. The molecule has 0 spiro atoms. The van der Waals surface area contributed by atoms with Crippen LogP contribution in [0.25, 0.3) is 0 Å². The Kier molecular flexibility index (Phi) is 5.51. The molecular weight excluding hydrogens is 328 g/mol. The van der Waals surface area contributed by atoms with Crippen molar-refractivity contribution in [2.24, 2.45) is 5.73 Å². The highest BCUT2D eigenvalue weighted by Gasteiger charge is 2.30. The summed E-state index contributed by atoms with van der Waals surface area (Å²) in [6.07, 6.45) is 2.56. The van der Waals surface area contributed by atoms with E-state index in [1.165, 1.54) is 0 Å². The second kappa shape index (κ2) is 7.99. The lowest BCUT2D eigenvalue weighted by molar-refractivity contribution is 0.1000. The maximum atomic E-state index is 12.6. The molecule has 1 fully saturated rings. The lowest BCUT2D eigenvalue weighted by atomic mass is 10.1. The molecule has 1 atom stereocenters. The summed E-state index contributed by atoms with van der Waals surface area (Å²) >= 11 is 0. The average Bonchev–Trinajstić information content (AvgIpc) is 3.12. The molecule has 3 amide bonds. The molecule has 3 rings (SSSR count). The summed E-state index contributed by atoms with van der Waals surface area (Å²) in [6, 6.07) is 13.1. The molecule has 6 nitrogen and oxygen atoms in total. The fraction of sp³-hybridized carbons (Fsp3) is 0.350. The standard InChI is InChI=1S/C20H24N4O2/c1-14-5-2-8-17(23-14)18-9-4-12-24(18)20(26)22-11-10-15-6-3-7-16(13-15)19(21)25/h2-3,5-8,13,18H,4,9-12H2,1H3,(H2,21,25)(H,22,26). The van der Waals surface area contributed by atoms with Gasteiger partial charge in [-0.25, -0.2) is 4.79 Å². The van der Waals surface area contributed by atoms with E-state index in [4.69, 9.17) is 5.73 Å². The molecule has 1 aromatic carbocycles. The number of hydrogen-bond acceptors (Lipinski definition) is 3. The number of nitrogens with one attached hydrogen (secondary N) is 1. The van der Waals surface area contributed by atoms with Gasteiger partial charge in [0.2, 0.25) is 5.91 Å². The van der Waals surface area contributed by atoms with Crippen molar-refractivity contribution in [2.75, 3.05) is 13.1 Å². The number of rotatable bonds is 5. The van der Waals surface area contributed by atoms with Gasteiger partial charge >= 0.3 is 6.03 Å². The number of urea groups is 1. The minimum atomic E-state index is -0.443. The van der Waals surface area contributed by atoms with Crippen molar-refractivity contribution in [3.63, 3.8) is 0 Å². The van der Waals surface area contributed by atoms with E-state index >= 15 is 0 Å². The third kappa shape index (κ3) is 4.20. The predicted molar refractivity (Wildman–Crippen MR) is 99.7 cm³/mol. The summed E-state index contributed by atoms with van der Waals surface area (Å²) in [5, 5.41) is 2.98. The largest absolute Gasteiger partial charge is 0.366 e. The second-order valence-corrected chi connectivity index (χ2v) is 6.60. The van der Waals surface area contributed by atoms with Gasteiger partial charge in [-0.1, -0.05) is 18.2 Å². The number of nitrogens with two attached hydrogens (primary N) is 1. The lowest BCUT2D eigenvalue weighted by Gasteiger charge is -2.25. The van der Waals surface area contributed by atoms with Crippen molar-refractivity contribution < 1.29 is 9.59 Å². The van der Waals surface area contributed by atoms with Crippen molar-refractivity contribution in [3.05, 3.63) is 65.0 Å². The Morgan fingerprint density at radius 3 is 2.85 bits per heavy atom. The van der Waals surface area contributed by atoms with E-state index < -0.39 is 5.91 Å². The van der Waals surface area contributed by atoms with Crippen LogP contribution in [-0.4, -0.2) is 34.9 Å². The third-order valence-corrected chi connectivity index (χ3v) is 4.67. The zero-order valence-corrected chi connectivity index (χ0v) is 14.9. The minimum absolute atomic E-state index is 0.0353. The Hall–Kier alpha value is -2.89. The predicted octanol–water partition coefficient (Wildman–Crippen LogP) is 2.58. The van der Waals surface area contributed by atoms with Gasteiger partial charge < -0.3 is 16.0 Å². The minimum Gasteiger partial charge on any atom is -0.366 e. The smallest absolute Gasteiger partial charge is 0.317 e. The van der Waals surface area contributed by atoms with Crippen molar-refractivity contribution in [2.45, 2.75) is 32.2 Å². The molecule has 2 heterocycles. The topological polar surface area (TPSA) is 88.3 Å². The Morgan fingerprint density at radius 1 is 1.27 bits per heavy atom. The maximum absolute atomic E-state index is 12.6. The normalized spacial score (nSPS) is 16.5. The quantitative estimate of drug-likeness (QED) is 0.867. The first-order chi connectivity index (χ1) is 12.5. The first-order valence-electron chi connectivity index (χ1n) is 8.91. The number of aryl methyl sites for hydroxylation is 1. The zero-order chi connectivity index (χ0) is 18.5. The van der Waals surface area contributed by atoms with E-state index in [9.17, 15) is 9.59 Å². The van der Waals surface area contributed by atoms with Crippen LogP contribution in [0.5, 0.6) is 0 Å². The third-order valence-electron chi connectivity index (χ3n) is 4.67. The van der Waals surface area contributed by atoms with Crippen LogP contribution in [0.1, 0.15) is 46.2 Å². The highest BCUT2D eigenvalue weighted by atomic mass is 16.2. The second-order valence-electron chi connectivity index (χ2n) is 6.60. The van der Waals surface area contributed by atoms with E-state index in [2.05, 4.69) is 10.3 Å². The summed E-state index contributed by atoms with van der Waals surface area (Å²) in [7, 11) is 0. The van der Waals surface area contributed by atoms with Gasteiger partial charge in [-0.3, -0.25) is 9.78 Å². The number of primary amides is 1. The average molecular weight is 352 g/mol. The van der Waals surface area contributed by atoms with Crippen LogP contribution in [0.15, 0.2) is 42.5 Å². The summed E-state index contributed by atoms with van der Waals surface area (Å²) in [5.41, 5.74) is 8.67. The number of carbonyl (C=O) groups is 2. The molecule has 1 aliphatic rings. The zero-order valence-electron chi connectivity index (χ0n) is 14.9. The Labute approximate surface area is 153 Å². The fourth-order valence-electron chi connectivity index (χ4n) is 3.36. The maximum Gasteiger partial charge on any atom is 0.317 e. The Morgan fingerprint density at radius 2 is 2.08 bits per heavy atom. The number of pyridine rings is 1. The molecule has 26 heavy (non-hydrogen) atoms. The molecular formula is C20H24N4O2. The van der Waals surface area contributed by atoms with Gasteiger partial charge in [0, 0.05) is 24.3 Å². The van der Waals surface area contributed by atoms with Gasteiger partial charge in [0.05, 0.1) is 11.7 Å². The van der Waals surface area contributed by atoms with E-state index in [1.54, 1.807) is 18.2 Å². The number of hydrogen-bond donors (Lipinski definition) is 2. The van der Waals surface area contributed by atoms with Crippen LogP contribution in [0.3, 0.4) is 0 Å². The highest BCUT2D eigenvalue weighted by Crippen LogP contribution is 2.30. The first-order valence-corrected chi connectivity index (χ1v) is 8.91. The molecule has 0 radical (unpaired) electrons. The molecule has 0 aliphatic carbocycles. The lowest BCUT2D eigenvalue weighted by Crippen LogP contribution is -2.40. The van der Waals surface area contributed by atoms with Crippen molar-refractivity contribution in [1.82, 2.24) is 15.2 Å². The van der Waals surface area contributed by atoms with Crippen molar-refractivity contribution >= 4 is 11.9 Å². The van der Waals surface area contributed by atoms with Gasteiger partial charge in [0.25, 0.3) is 0 Å². The van der Waals surface area contributed by atoms with Gasteiger partial charge in [0.1, 0.15) is 0 Å². The molecule has 3 N–H and O–H groups in total. The number of likely N-dealkylation sites (tertiary alicyclic amines) is 1. The molecule has 1 aliphatic heterocycles. The van der Waals surface area contributed by atoms with Gasteiger partial charge in [-0.05, 0) is 56.0 Å². The number of carbonyl (C=O) groups excluding carboxylic acids is 2. The Balaban J connectivity index is 1.57. The molecule has 1 saturated heterocycles. The molecule has 136 valence electrons. The van der Waals surface area contributed by atoms with E-state index in [-0.39, 0.29) is 12.1 Å². The van der Waals surface area contributed by atoms with Gasteiger partial charge in [-0.2, -0.15) is 0 Å². The number of amides is 3. The molecule has 1 aromatic heterocycles.